The Morgan fingerprint density at radius 1 is 1.40 bits per heavy atom. The van der Waals surface area contributed by atoms with Crippen molar-refractivity contribution in [3.05, 3.63) is 42.7 Å². The van der Waals surface area contributed by atoms with E-state index in [1.807, 2.05) is 41.1 Å². The molecule has 5 heteroatoms. The van der Waals surface area contributed by atoms with Crippen molar-refractivity contribution in [1.82, 2.24) is 14.9 Å². The first-order valence-corrected chi connectivity index (χ1v) is 6.66. The first kappa shape index (κ1) is 14.3. The van der Waals surface area contributed by atoms with E-state index >= 15 is 0 Å². The van der Waals surface area contributed by atoms with E-state index < -0.39 is 0 Å². The highest BCUT2D eigenvalue weighted by atomic mass is 16.5. The maximum Gasteiger partial charge on any atom is 0.324 e. The minimum atomic E-state index is -0.383. The van der Waals surface area contributed by atoms with E-state index in [-0.39, 0.29) is 12.0 Å². The van der Waals surface area contributed by atoms with Crippen LogP contribution in [-0.2, 0) is 16.1 Å². The number of benzene rings is 1. The van der Waals surface area contributed by atoms with Crippen molar-refractivity contribution in [1.29, 1.82) is 0 Å². The lowest BCUT2D eigenvalue weighted by molar-refractivity contribution is -0.145. The largest absolute Gasteiger partial charge is 0.465 e. The average Bonchev–Trinajstić information content (AvgIpc) is 2.94. The molecule has 1 atom stereocenters. The van der Waals surface area contributed by atoms with Crippen molar-refractivity contribution in [3.63, 3.8) is 0 Å². The van der Waals surface area contributed by atoms with Gasteiger partial charge in [-0.15, -0.1) is 0 Å². The number of imidazole rings is 1. The molecule has 0 aliphatic heterocycles. The van der Waals surface area contributed by atoms with Crippen LogP contribution in [0.4, 0.5) is 0 Å². The summed E-state index contributed by atoms with van der Waals surface area (Å²) in [5.74, 6) is 0.595. The molecule has 0 amide bonds. The molecule has 0 saturated carbocycles. The van der Waals surface area contributed by atoms with Crippen molar-refractivity contribution < 1.29 is 9.53 Å². The van der Waals surface area contributed by atoms with Crippen molar-refractivity contribution in [2.45, 2.75) is 19.5 Å². The van der Waals surface area contributed by atoms with Gasteiger partial charge < -0.3 is 14.6 Å². The number of carbonyl (C=O) groups is 1. The fourth-order valence-corrected chi connectivity index (χ4v) is 2.03. The van der Waals surface area contributed by atoms with Gasteiger partial charge in [-0.2, -0.15) is 0 Å². The van der Waals surface area contributed by atoms with Gasteiger partial charge in [0.25, 0.3) is 0 Å². The molecule has 0 aliphatic rings. The highest BCUT2D eigenvalue weighted by Gasteiger charge is 2.19. The number of likely N-dealkylation sites (N-methyl/N-ethyl adjacent to an activating group) is 1. The Kier molecular flexibility index (Phi) is 4.90. The Hall–Kier alpha value is -2.14. The third kappa shape index (κ3) is 3.24. The Morgan fingerprint density at radius 3 is 2.80 bits per heavy atom. The van der Waals surface area contributed by atoms with Crippen LogP contribution in [0.5, 0.6) is 0 Å². The van der Waals surface area contributed by atoms with Gasteiger partial charge in [0.15, 0.2) is 0 Å². The summed E-state index contributed by atoms with van der Waals surface area (Å²) in [6, 6.07) is 9.51. The van der Waals surface area contributed by atoms with Crippen LogP contribution in [0.2, 0.25) is 0 Å². The van der Waals surface area contributed by atoms with Gasteiger partial charge in [0.1, 0.15) is 11.9 Å². The molecular weight excluding hydrogens is 254 g/mol. The molecule has 0 radical (unpaired) electrons. The molecule has 0 aliphatic carbocycles. The van der Waals surface area contributed by atoms with E-state index in [1.165, 1.54) is 0 Å². The number of esters is 1. The van der Waals surface area contributed by atoms with Crippen molar-refractivity contribution in [2.24, 2.45) is 0 Å². The third-order valence-corrected chi connectivity index (χ3v) is 3.05. The highest BCUT2D eigenvalue weighted by Crippen LogP contribution is 2.17. The molecule has 0 bridgehead atoms. The first-order chi connectivity index (χ1) is 9.76. The minimum Gasteiger partial charge on any atom is -0.465 e. The van der Waals surface area contributed by atoms with Gasteiger partial charge in [-0.25, -0.2) is 4.98 Å². The first-order valence-electron chi connectivity index (χ1n) is 6.66. The molecule has 2 rings (SSSR count). The Bertz CT molecular complexity index is 551. The van der Waals surface area contributed by atoms with E-state index in [0.717, 1.165) is 11.4 Å². The summed E-state index contributed by atoms with van der Waals surface area (Å²) in [6.07, 6.45) is 3.60. The summed E-state index contributed by atoms with van der Waals surface area (Å²) in [6.45, 7) is 2.67. The molecule has 1 unspecified atom stereocenters. The predicted molar refractivity (Wildman–Crippen MR) is 77.1 cm³/mol. The van der Waals surface area contributed by atoms with E-state index in [0.29, 0.717) is 13.2 Å². The van der Waals surface area contributed by atoms with Crippen LogP contribution in [0.15, 0.2) is 42.7 Å². The number of nitrogens with zero attached hydrogens (tertiary/aromatic N) is 2. The summed E-state index contributed by atoms with van der Waals surface area (Å²) >= 11 is 0. The Labute approximate surface area is 118 Å². The fraction of sp³-hybridized carbons (Fsp3) is 0.333. The lowest BCUT2D eigenvalue weighted by atomic mass is 10.2. The Balaban J connectivity index is 2.18. The van der Waals surface area contributed by atoms with Gasteiger partial charge in [-0.05, 0) is 14.0 Å². The number of carbonyl (C=O) groups excluding carboxylic acids is 1. The molecule has 1 N–H and O–H groups in total. The molecule has 1 heterocycles. The molecule has 5 nitrogen and oxygen atoms in total. The van der Waals surface area contributed by atoms with Crippen LogP contribution in [0.1, 0.15) is 6.92 Å². The zero-order chi connectivity index (χ0) is 14.4. The molecule has 106 valence electrons. The molecule has 1 aromatic carbocycles. The molecule has 0 saturated heterocycles. The molecule has 0 spiro atoms. The number of aromatic nitrogens is 2. The van der Waals surface area contributed by atoms with Gasteiger partial charge in [0, 0.05) is 18.0 Å². The topological polar surface area (TPSA) is 56.2 Å². The van der Waals surface area contributed by atoms with Gasteiger partial charge in [0.05, 0.1) is 13.2 Å². The minimum absolute atomic E-state index is 0.247. The summed E-state index contributed by atoms with van der Waals surface area (Å²) in [7, 11) is 1.75. The van der Waals surface area contributed by atoms with Gasteiger partial charge in [-0.3, -0.25) is 4.79 Å². The normalized spacial score (nSPS) is 12.1. The van der Waals surface area contributed by atoms with E-state index in [4.69, 9.17) is 4.74 Å². The lowest BCUT2D eigenvalue weighted by Gasteiger charge is -2.16. The zero-order valence-corrected chi connectivity index (χ0v) is 11.7. The number of hydrogen-bond donors (Lipinski definition) is 1. The van der Waals surface area contributed by atoms with Crippen molar-refractivity contribution >= 4 is 5.97 Å². The second-order valence-corrected chi connectivity index (χ2v) is 4.36. The number of rotatable bonds is 6. The summed E-state index contributed by atoms with van der Waals surface area (Å²) in [5.41, 5.74) is 1.02. The van der Waals surface area contributed by atoms with Crippen molar-refractivity contribution in [2.75, 3.05) is 13.7 Å². The second kappa shape index (κ2) is 6.86. The summed E-state index contributed by atoms with van der Waals surface area (Å²) in [5, 5.41) is 2.98. The average molecular weight is 273 g/mol. The SMILES string of the molecule is CCOC(=O)C(Cn1ccnc1-c1ccccc1)NC. The smallest absolute Gasteiger partial charge is 0.324 e. The lowest BCUT2D eigenvalue weighted by Crippen LogP contribution is -2.39. The molecule has 0 fully saturated rings. The van der Waals surface area contributed by atoms with Crippen LogP contribution >= 0.6 is 0 Å². The molecule has 1 aromatic heterocycles. The molecular formula is C15H19N3O2. The maximum absolute atomic E-state index is 11.8. The van der Waals surface area contributed by atoms with E-state index in [1.54, 1.807) is 20.2 Å². The standard InChI is InChI=1S/C15H19N3O2/c1-3-20-15(19)13(16-2)11-18-10-9-17-14(18)12-7-5-4-6-8-12/h4-10,13,16H,3,11H2,1-2H3. The molecule has 2 aromatic rings. The maximum atomic E-state index is 11.8. The number of nitrogens with one attached hydrogen (secondary N) is 1. The number of ether oxygens (including phenoxy) is 1. The fourth-order valence-electron chi connectivity index (χ4n) is 2.03. The number of hydrogen-bond acceptors (Lipinski definition) is 4. The third-order valence-electron chi connectivity index (χ3n) is 3.05. The van der Waals surface area contributed by atoms with Crippen LogP contribution in [-0.4, -0.2) is 35.2 Å². The van der Waals surface area contributed by atoms with Crippen LogP contribution in [0.3, 0.4) is 0 Å². The van der Waals surface area contributed by atoms with Gasteiger partial charge >= 0.3 is 5.97 Å². The van der Waals surface area contributed by atoms with Gasteiger partial charge in [0.2, 0.25) is 0 Å². The van der Waals surface area contributed by atoms with Gasteiger partial charge in [-0.1, -0.05) is 30.3 Å². The predicted octanol–water partition coefficient (Wildman–Crippen LogP) is 1.70. The van der Waals surface area contributed by atoms with Crippen LogP contribution < -0.4 is 5.32 Å². The summed E-state index contributed by atoms with van der Waals surface area (Å²) < 4.78 is 7.01. The quantitative estimate of drug-likeness (QED) is 0.814. The second-order valence-electron chi connectivity index (χ2n) is 4.36. The van der Waals surface area contributed by atoms with E-state index in [9.17, 15) is 4.79 Å². The van der Waals surface area contributed by atoms with E-state index in [2.05, 4.69) is 10.3 Å². The van der Waals surface area contributed by atoms with Crippen LogP contribution in [0, 0.1) is 0 Å². The zero-order valence-electron chi connectivity index (χ0n) is 11.7. The van der Waals surface area contributed by atoms with Crippen LogP contribution in [0.25, 0.3) is 11.4 Å². The monoisotopic (exact) mass is 273 g/mol. The summed E-state index contributed by atoms with van der Waals surface area (Å²) in [4.78, 5) is 16.2. The molecule has 20 heavy (non-hydrogen) atoms. The Morgan fingerprint density at radius 2 is 2.15 bits per heavy atom. The highest BCUT2D eigenvalue weighted by molar-refractivity contribution is 5.75. The van der Waals surface area contributed by atoms with Crippen molar-refractivity contribution in [3.8, 4) is 11.4 Å².